The van der Waals surface area contributed by atoms with Gasteiger partial charge in [-0.15, -0.1) is 4.99 Å². The molecule has 0 aliphatic rings. The van der Waals surface area contributed by atoms with Gasteiger partial charge in [-0.05, 0) is 24.6 Å². The molecule has 0 aliphatic carbocycles. The first kappa shape index (κ1) is 8.10. The van der Waals surface area contributed by atoms with Crippen molar-refractivity contribution in [3.05, 3.63) is 23.8 Å². The standard InChI is InChI=1S/C9H6N2OS/c1-6-2-3-8-7(4-6)11-9(13-8)10-5-12/h2-4H,1H3. The second-order valence-electron chi connectivity index (χ2n) is 2.67. The molecule has 0 fully saturated rings. The third-order valence-electron chi connectivity index (χ3n) is 1.67. The van der Waals surface area contributed by atoms with Gasteiger partial charge in [0.25, 0.3) is 0 Å². The van der Waals surface area contributed by atoms with Gasteiger partial charge < -0.3 is 0 Å². The van der Waals surface area contributed by atoms with Gasteiger partial charge >= 0.3 is 0 Å². The lowest BCUT2D eigenvalue weighted by molar-refractivity contribution is 0.565. The Kier molecular flexibility index (Phi) is 1.93. The van der Waals surface area contributed by atoms with Crippen LogP contribution in [-0.4, -0.2) is 11.1 Å². The summed E-state index contributed by atoms with van der Waals surface area (Å²) in [7, 11) is 0. The molecule has 0 aliphatic heterocycles. The van der Waals surface area contributed by atoms with Gasteiger partial charge in [0.2, 0.25) is 11.2 Å². The predicted octanol–water partition coefficient (Wildman–Crippen LogP) is 2.57. The highest BCUT2D eigenvalue weighted by atomic mass is 32.1. The first-order valence-corrected chi connectivity index (χ1v) is 4.56. The fraction of sp³-hybridized carbons (Fsp3) is 0.111. The van der Waals surface area contributed by atoms with E-state index in [0.717, 1.165) is 15.8 Å². The Morgan fingerprint density at radius 3 is 3.15 bits per heavy atom. The maximum Gasteiger partial charge on any atom is 0.242 e. The molecule has 0 saturated carbocycles. The summed E-state index contributed by atoms with van der Waals surface area (Å²) in [4.78, 5) is 17.6. The Morgan fingerprint density at radius 1 is 1.54 bits per heavy atom. The highest BCUT2D eigenvalue weighted by molar-refractivity contribution is 7.21. The van der Waals surface area contributed by atoms with Crippen LogP contribution < -0.4 is 0 Å². The molecule has 0 unspecified atom stereocenters. The zero-order valence-electron chi connectivity index (χ0n) is 6.94. The van der Waals surface area contributed by atoms with E-state index >= 15 is 0 Å². The van der Waals surface area contributed by atoms with E-state index < -0.39 is 0 Å². The number of isocyanates is 1. The fourth-order valence-corrected chi connectivity index (χ4v) is 1.88. The summed E-state index contributed by atoms with van der Waals surface area (Å²) in [5.74, 6) is 0. The topological polar surface area (TPSA) is 42.3 Å². The van der Waals surface area contributed by atoms with Gasteiger partial charge in [0, 0.05) is 0 Å². The molecule has 0 amide bonds. The maximum atomic E-state index is 9.99. The predicted molar refractivity (Wildman–Crippen MR) is 52.1 cm³/mol. The number of rotatable bonds is 1. The molecule has 3 nitrogen and oxygen atoms in total. The minimum atomic E-state index is 0.468. The zero-order chi connectivity index (χ0) is 9.26. The number of aliphatic imine (C=N–C) groups is 1. The lowest BCUT2D eigenvalue weighted by Gasteiger charge is -1.88. The van der Waals surface area contributed by atoms with Crippen LogP contribution in [-0.2, 0) is 4.79 Å². The molecule has 0 spiro atoms. The monoisotopic (exact) mass is 190 g/mol. The average Bonchev–Trinajstić information content (AvgIpc) is 2.46. The highest BCUT2D eigenvalue weighted by Gasteiger charge is 2.01. The molecule has 0 bridgehead atoms. The molecule has 4 heteroatoms. The second-order valence-corrected chi connectivity index (χ2v) is 3.68. The second kappa shape index (κ2) is 3.09. The number of benzene rings is 1. The lowest BCUT2D eigenvalue weighted by atomic mass is 10.2. The van der Waals surface area contributed by atoms with Crippen LogP contribution in [0, 0.1) is 6.92 Å². The number of thiazole rings is 1. The van der Waals surface area contributed by atoms with E-state index in [-0.39, 0.29) is 0 Å². The van der Waals surface area contributed by atoms with Crippen molar-refractivity contribution in [3.63, 3.8) is 0 Å². The van der Waals surface area contributed by atoms with Crippen molar-refractivity contribution < 1.29 is 4.79 Å². The largest absolute Gasteiger partial charge is 0.242 e. The Bertz CT molecular complexity index is 497. The molecule has 1 heterocycles. The van der Waals surface area contributed by atoms with E-state index in [1.807, 2.05) is 25.1 Å². The van der Waals surface area contributed by atoms with Crippen LogP contribution >= 0.6 is 11.3 Å². The smallest absolute Gasteiger partial charge is 0.218 e. The number of nitrogens with zero attached hydrogens (tertiary/aromatic N) is 2. The Balaban J connectivity index is 2.68. The molecule has 64 valence electrons. The van der Waals surface area contributed by atoms with Gasteiger partial charge in [-0.1, -0.05) is 17.4 Å². The first-order chi connectivity index (χ1) is 6.29. The first-order valence-electron chi connectivity index (χ1n) is 3.74. The third kappa shape index (κ3) is 1.49. The number of hydrogen-bond acceptors (Lipinski definition) is 4. The van der Waals surface area contributed by atoms with Crippen molar-refractivity contribution in [1.82, 2.24) is 4.98 Å². The van der Waals surface area contributed by atoms with Gasteiger partial charge in [-0.3, -0.25) is 0 Å². The number of hydrogen-bond donors (Lipinski definition) is 0. The SMILES string of the molecule is Cc1ccc2sc(N=C=O)nc2c1. The van der Waals surface area contributed by atoms with Gasteiger partial charge in [0.05, 0.1) is 10.2 Å². The number of aromatic nitrogens is 1. The van der Waals surface area contributed by atoms with E-state index in [1.54, 1.807) is 0 Å². The molecule has 2 aromatic rings. The quantitative estimate of drug-likeness (QED) is 0.512. The van der Waals surface area contributed by atoms with E-state index in [9.17, 15) is 4.79 Å². The summed E-state index contributed by atoms with van der Waals surface area (Å²) in [6, 6.07) is 5.96. The van der Waals surface area contributed by atoms with E-state index in [4.69, 9.17) is 0 Å². The van der Waals surface area contributed by atoms with Crippen LogP contribution in [0.3, 0.4) is 0 Å². The van der Waals surface area contributed by atoms with Gasteiger partial charge in [-0.25, -0.2) is 9.78 Å². The van der Waals surface area contributed by atoms with E-state index in [0.29, 0.717) is 5.13 Å². The minimum absolute atomic E-state index is 0.468. The molecule has 0 atom stereocenters. The van der Waals surface area contributed by atoms with Crippen LogP contribution in [0.4, 0.5) is 5.13 Å². The number of carbonyl (C=O) groups excluding carboxylic acids is 1. The number of fused-ring (bicyclic) bond motifs is 1. The van der Waals surface area contributed by atoms with Crippen molar-refractivity contribution in [3.8, 4) is 0 Å². The van der Waals surface area contributed by atoms with E-state index in [1.165, 1.54) is 17.4 Å². The molecule has 0 radical (unpaired) electrons. The van der Waals surface area contributed by atoms with Crippen molar-refractivity contribution in [2.75, 3.05) is 0 Å². The Labute approximate surface area is 78.8 Å². The molecular weight excluding hydrogens is 184 g/mol. The van der Waals surface area contributed by atoms with E-state index in [2.05, 4.69) is 9.98 Å². The summed E-state index contributed by atoms with van der Waals surface area (Å²) < 4.78 is 1.04. The molecular formula is C9H6N2OS. The number of aryl methyl sites for hydroxylation is 1. The Hall–Kier alpha value is -1.51. The van der Waals surface area contributed by atoms with Crippen LogP contribution in [0.15, 0.2) is 23.2 Å². The third-order valence-corrected chi connectivity index (χ3v) is 2.60. The summed E-state index contributed by atoms with van der Waals surface area (Å²) >= 11 is 1.39. The minimum Gasteiger partial charge on any atom is -0.218 e. The van der Waals surface area contributed by atoms with Gasteiger partial charge in [0.15, 0.2) is 0 Å². The molecule has 1 aromatic carbocycles. The highest BCUT2D eigenvalue weighted by Crippen LogP contribution is 2.27. The molecule has 0 N–H and O–H groups in total. The molecule has 0 saturated heterocycles. The summed E-state index contributed by atoms with van der Waals surface area (Å²) in [5, 5.41) is 0.468. The van der Waals surface area contributed by atoms with Crippen LogP contribution in [0.2, 0.25) is 0 Å². The van der Waals surface area contributed by atoms with Crippen LogP contribution in [0.1, 0.15) is 5.56 Å². The summed E-state index contributed by atoms with van der Waals surface area (Å²) in [5.41, 5.74) is 2.04. The van der Waals surface area contributed by atoms with Gasteiger partial charge in [0.1, 0.15) is 0 Å². The zero-order valence-corrected chi connectivity index (χ0v) is 7.76. The van der Waals surface area contributed by atoms with Crippen molar-refractivity contribution in [2.24, 2.45) is 4.99 Å². The molecule has 1 aromatic heterocycles. The summed E-state index contributed by atoms with van der Waals surface area (Å²) in [6.07, 6.45) is 1.48. The fourth-order valence-electron chi connectivity index (χ4n) is 1.11. The lowest BCUT2D eigenvalue weighted by Crippen LogP contribution is -1.70. The maximum absolute atomic E-state index is 9.99. The van der Waals surface area contributed by atoms with Crippen LogP contribution in [0.25, 0.3) is 10.2 Å². The summed E-state index contributed by atoms with van der Waals surface area (Å²) in [6.45, 7) is 2.00. The molecule has 2 rings (SSSR count). The molecule has 13 heavy (non-hydrogen) atoms. The Morgan fingerprint density at radius 2 is 2.38 bits per heavy atom. The van der Waals surface area contributed by atoms with Crippen LogP contribution in [0.5, 0.6) is 0 Å². The van der Waals surface area contributed by atoms with Gasteiger partial charge in [-0.2, -0.15) is 0 Å². The van der Waals surface area contributed by atoms with Crippen molar-refractivity contribution >= 4 is 32.8 Å². The average molecular weight is 190 g/mol. The van der Waals surface area contributed by atoms with Crippen molar-refractivity contribution in [2.45, 2.75) is 6.92 Å². The normalized spacial score (nSPS) is 9.92. The van der Waals surface area contributed by atoms with Crippen molar-refractivity contribution in [1.29, 1.82) is 0 Å².